The van der Waals surface area contributed by atoms with Crippen molar-refractivity contribution in [3.63, 3.8) is 0 Å². The number of aliphatic hydroxyl groups is 4. The van der Waals surface area contributed by atoms with Crippen molar-refractivity contribution in [2.24, 2.45) is 0 Å². The summed E-state index contributed by atoms with van der Waals surface area (Å²) < 4.78 is 17.7. The molecule has 0 aromatic rings. The molecule has 84 valence electrons. The number of rotatable bonds is 3. The van der Waals surface area contributed by atoms with Gasteiger partial charge in [-0.15, -0.1) is 0 Å². The second-order valence-corrected chi connectivity index (χ2v) is 3.21. The minimum atomic E-state index is -1.58. The minimum absolute atomic E-state index is 0.00957. The Bertz CT molecular complexity index is 178. The Morgan fingerprint density at radius 2 is 1.86 bits per heavy atom. The molecule has 0 unspecified atom stereocenters. The molecule has 0 bridgehead atoms. The Kier molecular flexibility index (Phi) is 4.54. The fourth-order valence-electron chi connectivity index (χ4n) is 1.24. The highest BCUT2D eigenvalue weighted by atomic mass is 32.2. The van der Waals surface area contributed by atoms with E-state index in [-0.39, 0.29) is 12.3 Å². The van der Waals surface area contributed by atoms with Gasteiger partial charge in [-0.2, -0.15) is 0 Å². The van der Waals surface area contributed by atoms with E-state index in [4.69, 9.17) is 19.5 Å². The molecule has 0 amide bonds. The summed E-state index contributed by atoms with van der Waals surface area (Å²) in [5, 5.41) is 36.4. The van der Waals surface area contributed by atoms with Gasteiger partial charge in [0.15, 0.2) is 18.6 Å². The van der Waals surface area contributed by atoms with Crippen molar-refractivity contribution < 1.29 is 33.9 Å². The molecule has 0 aromatic heterocycles. The summed E-state index contributed by atoms with van der Waals surface area (Å²) in [6.07, 6.45) is -6.65. The zero-order valence-electron chi connectivity index (χ0n) is 7.05. The maximum atomic E-state index is 9.39. The summed E-state index contributed by atoms with van der Waals surface area (Å²) in [5.74, 6) is 0. The van der Waals surface area contributed by atoms with Crippen LogP contribution in [0.4, 0.5) is 0 Å². The van der Waals surface area contributed by atoms with Crippen molar-refractivity contribution in [2.75, 3.05) is 6.61 Å². The first-order chi connectivity index (χ1) is 6.61. The molecule has 1 heterocycles. The molecule has 1 rings (SSSR count). The second-order valence-electron chi connectivity index (χ2n) is 2.86. The van der Waals surface area contributed by atoms with E-state index in [1.54, 1.807) is 0 Å². The highest BCUT2D eigenvalue weighted by molar-refractivity contribution is 7.88. The molecule has 1 fully saturated rings. The topological polar surface area (TPSA) is 120 Å². The van der Waals surface area contributed by atoms with Crippen molar-refractivity contribution in [2.45, 2.75) is 30.7 Å². The molecule has 0 aliphatic carbocycles. The van der Waals surface area contributed by atoms with Gasteiger partial charge in [0.25, 0.3) is 0 Å². The van der Waals surface area contributed by atoms with Crippen LogP contribution in [0.3, 0.4) is 0 Å². The minimum Gasteiger partial charge on any atom is -0.394 e. The Balaban J connectivity index is 2.67. The van der Waals surface area contributed by atoms with Crippen LogP contribution in [0.5, 0.6) is 0 Å². The average Bonchev–Trinajstić information content (AvgIpc) is 2.19. The van der Waals surface area contributed by atoms with Crippen LogP contribution in [0.25, 0.3) is 0 Å². The number of hydrogen-bond acceptors (Lipinski definition) is 8. The van der Waals surface area contributed by atoms with Crippen LogP contribution in [0, 0.1) is 0 Å². The van der Waals surface area contributed by atoms with E-state index in [0.29, 0.717) is 0 Å². The van der Waals surface area contributed by atoms with Gasteiger partial charge in [0.1, 0.15) is 24.4 Å². The van der Waals surface area contributed by atoms with Crippen molar-refractivity contribution in [3.8, 4) is 0 Å². The van der Waals surface area contributed by atoms with Gasteiger partial charge in [0.2, 0.25) is 0 Å². The predicted octanol–water partition coefficient (Wildman–Crippen LogP) is -2.08. The first kappa shape index (κ1) is 12.1. The molecule has 1 aliphatic heterocycles. The lowest BCUT2D eigenvalue weighted by Gasteiger charge is -2.38. The molecule has 0 spiro atoms. The van der Waals surface area contributed by atoms with E-state index in [1.165, 1.54) is 0 Å². The fraction of sp³-hybridized carbons (Fsp3) is 1.00. The molecule has 0 saturated carbocycles. The third-order valence-electron chi connectivity index (χ3n) is 1.99. The molecule has 1 aliphatic rings. The third kappa shape index (κ3) is 2.35. The molecule has 7 nitrogen and oxygen atoms in total. The van der Waals surface area contributed by atoms with Gasteiger partial charge in [-0.25, -0.2) is 0 Å². The van der Waals surface area contributed by atoms with E-state index in [0.717, 1.165) is 0 Å². The van der Waals surface area contributed by atoms with Crippen molar-refractivity contribution in [3.05, 3.63) is 0 Å². The summed E-state index contributed by atoms with van der Waals surface area (Å²) in [5.41, 5.74) is 0. The summed E-state index contributed by atoms with van der Waals surface area (Å²) in [4.78, 5) is 0. The highest BCUT2D eigenvalue weighted by Crippen LogP contribution is 2.24. The number of ether oxygens (including phenoxy) is 1. The van der Waals surface area contributed by atoms with Crippen LogP contribution in [-0.2, 0) is 8.92 Å². The smallest absolute Gasteiger partial charge is 0.184 e. The molecule has 0 radical (unpaired) electrons. The van der Waals surface area contributed by atoms with E-state index in [2.05, 4.69) is 4.18 Å². The zero-order valence-corrected chi connectivity index (χ0v) is 7.87. The Hall–Kier alpha value is 0.0700. The van der Waals surface area contributed by atoms with Crippen molar-refractivity contribution in [1.29, 1.82) is 0 Å². The normalized spacial score (nSPS) is 43.9. The molecule has 5 N–H and O–H groups in total. The lowest BCUT2D eigenvalue weighted by Crippen LogP contribution is -2.58. The molecule has 1 saturated heterocycles. The van der Waals surface area contributed by atoms with Crippen LogP contribution in [0.2, 0.25) is 0 Å². The van der Waals surface area contributed by atoms with E-state index < -0.39 is 37.3 Å². The van der Waals surface area contributed by atoms with Gasteiger partial charge in [-0.3, -0.25) is 4.18 Å². The van der Waals surface area contributed by atoms with Gasteiger partial charge in [0.05, 0.1) is 6.61 Å². The van der Waals surface area contributed by atoms with Gasteiger partial charge in [-0.05, 0) is 0 Å². The number of aliphatic hydroxyl groups excluding tert-OH is 4. The predicted molar refractivity (Wildman–Crippen MR) is 45.1 cm³/mol. The average molecular weight is 228 g/mol. The maximum Gasteiger partial charge on any atom is 0.184 e. The van der Waals surface area contributed by atoms with Crippen molar-refractivity contribution >= 4 is 12.3 Å². The zero-order chi connectivity index (χ0) is 10.7. The monoisotopic (exact) mass is 228 g/mol. The lowest BCUT2D eigenvalue weighted by molar-refractivity contribution is -0.280. The Morgan fingerprint density at radius 3 is 2.36 bits per heavy atom. The maximum absolute atomic E-state index is 9.39. The summed E-state index contributed by atoms with van der Waals surface area (Å²) in [6, 6.07) is 0. The molecule has 14 heavy (non-hydrogen) atoms. The van der Waals surface area contributed by atoms with Crippen LogP contribution >= 0.6 is 12.3 Å². The molecule has 8 heteroatoms. The highest BCUT2D eigenvalue weighted by Gasteiger charge is 2.44. The first-order valence-electron chi connectivity index (χ1n) is 3.89. The molecular weight excluding hydrogens is 216 g/mol. The second kappa shape index (κ2) is 5.24. The Morgan fingerprint density at radius 1 is 1.21 bits per heavy atom. The van der Waals surface area contributed by atoms with Gasteiger partial charge in [0, 0.05) is 0 Å². The summed E-state index contributed by atoms with van der Waals surface area (Å²) in [7, 11) is 0. The van der Waals surface area contributed by atoms with Gasteiger partial charge >= 0.3 is 0 Å². The number of hydrogen-bond donors (Lipinski definition) is 5. The molecular formula is C6H12O7S. The SMILES string of the molecule is OC[C@H]1O[C@H](O)[C@H](O)[C@@H](O)[C@@H]1OSO. The largest absolute Gasteiger partial charge is 0.394 e. The van der Waals surface area contributed by atoms with Crippen LogP contribution < -0.4 is 0 Å². The first-order valence-corrected chi connectivity index (χ1v) is 4.59. The summed E-state index contributed by atoms with van der Waals surface area (Å²) in [6.45, 7) is -0.508. The van der Waals surface area contributed by atoms with Crippen LogP contribution in [0.15, 0.2) is 0 Å². The fourth-order valence-corrected chi connectivity index (χ4v) is 1.57. The lowest BCUT2D eigenvalue weighted by atomic mass is 9.99. The van der Waals surface area contributed by atoms with Crippen LogP contribution in [0.1, 0.15) is 0 Å². The van der Waals surface area contributed by atoms with Gasteiger partial charge < -0.3 is 29.7 Å². The standard InChI is InChI=1S/C6H12O7S/c7-1-2-5(13-14-11)3(8)4(9)6(10)12-2/h2-11H,1H2/t2-,3-,4-,5-,6+/m1/s1. The van der Waals surface area contributed by atoms with E-state index in [9.17, 15) is 10.2 Å². The Labute approximate surface area is 84.3 Å². The van der Waals surface area contributed by atoms with Crippen LogP contribution in [-0.4, -0.2) is 62.3 Å². The summed E-state index contributed by atoms with van der Waals surface area (Å²) >= 11 is -0.00957. The third-order valence-corrected chi connectivity index (χ3v) is 2.30. The van der Waals surface area contributed by atoms with Crippen molar-refractivity contribution in [1.82, 2.24) is 0 Å². The van der Waals surface area contributed by atoms with E-state index >= 15 is 0 Å². The molecule has 5 atom stereocenters. The van der Waals surface area contributed by atoms with Gasteiger partial charge in [-0.1, -0.05) is 0 Å². The quantitative estimate of drug-likeness (QED) is 0.349. The van der Waals surface area contributed by atoms with E-state index in [1.807, 2.05) is 0 Å². The molecule has 0 aromatic carbocycles.